The largest absolute Gasteiger partial charge is 0.489 e. The molecule has 0 radical (unpaired) electrons. The van der Waals surface area contributed by atoms with Crippen LogP contribution in [0.1, 0.15) is 21.5 Å². The zero-order valence-electron chi connectivity index (χ0n) is 13.9. The van der Waals surface area contributed by atoms with Gasteiger partial charge >= 0.3 is 5.97 Å². The van der Waals surface area contributed by atoms with E-state index in [1.807, 2.05) is 30.3 Å². The van der Waals surface area contributed by atoms with Crippen LogP contribution in [0.3, 0.4) is 0 Å². The molecule has 5 nitrogen and oxygen atoms in total. The second kappa shape index (κ2) is 8.16. The Kier molecular flexibility index (Phi) is 5.70. The van der Waals surface area contributed by atoms with Crippen molar-refractivity contribution in [2.45, 2.75) is 6.61 Å². The summed E-state index contributed by atoms with van der Waals surface area (Å²) >= 11 is 6.22. The van der Waals surface area contributed by atoms with Gasteiger partial charge < -0.3 is 14.8 Å². The van der Waals surface area contributed by atoms with Gasteiger partial charge in [0.2, 0.25) is 0 Å². The molecule has 0 unspecified atom stereocenters. The first kappa shape index (κ1) is 18.2. The smallest absolute Gasteiger partial charge is 0.337 e. The molecule has 3 rings (SSSR count). The molecule has 0 bridgehead atoms. The van der Waals surface area contributed by atoms with E-state index in [0.717, 1.165) is 11.1 Å². The van der Waals surface area contributed by atoms with Gasteiger partial charge in [-0.25, -0.2) is 4.79 Å². The maximum absolute atomic E-state index is 11.7. The SMILES string of the molecule is COC(=O)c1cccc(COc2cccc(C=C3SC(=S)NC3=O)c2)c1. The van der Waals surface area contributed by atoms with E-state index < -0.39 is 0 Å². The first-order valence-electron chi connectivity index (χ1n) is 7.70. The van der Waals surface area contributed by atoms with E-state index in [1.165, 1.54) is 18.9 Å². The summed E-state index contributed by atoms with van der Waals surface area (Å²) in [4.78, 5) is 23.9. The maximum Gasteiger partial charge on any atom is 0.337 e. The minimum atomic E-state index is -0.384. The topological polar surface area (TPSA) is 64.6 Å². The average molecular weight is 385 g/mol. The number of thiocarbonyl (C=S) groups is 1. The van der Waals surface area contributed by atoms with Gasteiger partial charge in [0.25, 0.3) is 5.91 Å². The summed E-state index contributed by atoms with van der Waals surface area (Å²) in [5.41, 5.74) is 2.17. The molecule has 0 aromatic heterocycles. The Morgan fingerprint density at radius 2 is 2.04 bits per heavy atom. The number of esters is 1. The summed E-state index contributed by atoms with van der Waals surface area (Å²) in [6.45, 7) is 0.310. The number of carbonyl (C=O) groups is 2. The van der Waals surface area contributed by atoms with Gasteiger partial charge in [-0.1, -0.05) is 48.2 Å². The van der Waals surface area contributed by atoms with Crippen LogP contribution in [0, 0.1) is 0 Å². The van der Waals surface area contributed by atoms with Crippen LogP contribution in [0.15, 0.2) is 53.4 Å². The minimum absolute atomic E-state index is 0.189. The lowest BCUT2D eigenvalue weighted by Gasteiger charge is -2.08. The summed E-state index contributed by atoms with van der Waals surface area (Å²) in [7, 11) is 1.35. The Bertz CT molecular complexity index is 908. The van der Waals surface area contributed by atoms with E-state index in [4.69, 9.17) is 21.7 Å². The van der Waals surface area contributed by atoms with E-state index in [1.54, 1.807) is 24.3 Å². The van der Waals surface area contributed by atoms with Gasteiger partial charge in [-0.15, -0.1) is 0 Å². The highest BCUT2D eigenvalue weighted by Gasteiger charge is 2.21. The molecule has 0 atom stereocenters. The van der Waals surface area contributed by atoms with Gasteiger partial charge in [0.1, 0.15) is 16.7 Å². The highest BCUT2D eigenvalue weighted by atomic mass is 32.2. The van der Waals surface area contributed by atoms with Crippen molar-refractivity contribution < 1.29 is 19.1 Å². The van der Waals surface area contributed by atoms with Gasteiger partial charge in [0.15, 0.2) is 0 Å². The molecule has 1 heterocycles. The Morgan fingerprint density at radius 3 is 2.77 bits per heavy atom. The van der Waals surface area contributed by atoms with Crippen LogP contribution in [0.4, 0.5) is 0 Å². The molecule has 0 aliphatic carbocycles. The van der Waals surface area contributed by atoms with Crippen LogP contribution in [0.2, 0.25) is 0 Å². The van der Waals surface area contributed by atoms with Gasteiger partial charge in [0, 0.05) is 0 Å². The Hall–Kier alpha value is -2.64. The van der Waals surface area contributed by atoms with E-state index in [2.05, 4.69) is 5.32 Å². The minimum Gasteiger partial charge on any atom is -0.489 e. The molecule has 132 valence electrons. The van der Waals surface area contributed by atoms with Crippen LogP contribution >= 0.6 is 24.0 Å². The van der Waals surface area contributed by atoms with Crippen molar-refractivity contribution in [2.75, 3.05) is 7.11 Å². The average Bonchev–Trinajstić information content (AvgIpc) is 2.97. The number of methoxy groups -OCH3 is 1. The second-order valence-electron chi connectivity index (χ2n) is 5.41. The Labute approximate surface area is 160 Å². The van der Waals surface area contributed by atoms with E-state index in [9.17, 15) is 9.59 Å². The van der Waals surface area contributed by atoms with Gasteiger partial charge in [0.05, 0.1) is 17.6 Å². The summed E-state index contributed by atoms with van der Waals surface area (Å²) in [6.07, 6.45) is 1.77. The molecular weight excluding hydrogens is 370 g/mol. The van der Waals surface area contributed by atoms with Crippen molar-refractivity contribution in [1.29, 1.82) is 0 Å². The van der Waals surface area contributed by atoms with Crippen molar-refractivity contribution in [1.82, 2.24) is 5.32 Å². The molecule has 7 heteroatoms. The van der Waals surface area contributed by atoms with Crippen molar-refractivity contribution in [3.05, 3.63) is 70.1 Å². The lowest BCUT2D eigenvalue weighted by Crippen LogP contribution is -2.17. The summed E-state index contributed by atoms with van der Waals surface area (Å²) in [5, 5.41) is 2.59. The summed E-state index contributed by atoms with van der Waals surface area (Å²) in [6, 6.07) is 14.5. The second-order valence-corrected chi connectivity index (χ2v) is 7.12. The van der Waals surface area contributed by atoms with Crippen LogP contribution in [0.25, 0.3) is 6.08 Å². The van der Waals surface area contributed by atoms with Crippen molar-refractivity contribution in [3.8, 4) is 5.75 Å². The molecule has 26 heavy (non-hydrogen) atoms. The molecule has 2 aromatic rings. The number of carbonyl (C=O) groups excluding carboxylic acids is 2. The Morgan fingerprint density at radius 1 is 1.23 bits per heavy atom. The van der Waals surface area contributed by atoms with Gasteiger partial charge in [-0.3, -0.25) is 4.79 Å². The molecule has 1 aliphatic rings. The van der Waals surface area contributed by atoms with Gasteiger partial charge in [-0.2, -0.15) is 0 Å². The summed E-state index contributed by atoms with van der Waals surface area (Å²) < 4.78 is 11.0. The fraction of sp³-hybridized carbons (Fsp3) is 0.105. The first-order valence-corrected chi connectivity index (χ1v) is 8.92. The highest BCUT2D eigenvalue weighted by molar-refractivity contribution is 8.26. The number of hydrogen-bond donors (Lipinski definition) is 1. The normalized spacial score (nSPS) is 15.0. The molecule has 1 N–H and O–H groups in total. The monoisotopic (exact) mass is 385 g/mol. The van der Waals surface area contributed by atoms with Crippen LogP contribution < -0.4 is 10.1 Å². The number of nitrogens with one attached hydrogen (secondary N) is 1. The lowest BCUT2D eigenvalue weighted by atomic mass is 10.1. The third-order valence-electron chi connectivity index (χ3n) is 3.55. The third kappa shape index (κ3) is 4.50. The van der Waals surface area contributed by atoms with Crippen LogP contribution in [0.5, 0.6) is 5.75 Å². The molecule has 2 aromatic carbocycles. The molecule has 0 saturated carbocycles. The fourth-order valence-electron chi connectivity index (χ4n) is 2.34. The molecule has 1 fully saturated rings. The van der Waals surface area contributed by atoms with Crippen molar-refractivity contribution in [3.63, 3.8) is 0 Å². The number of benzene rings is 2. The number of ether oxygens (including phenoxy) is 2. The quantitative estimate of drug-likeness (QED) is 0.483. The first-order chi connectivity index (χ1) is 12.5. The zero-order chi connectivity index (χ0) is 18.5. The zero-order valence-corrected chi connectivity index (χ0v) is 15.5. The Balaban J connectivity index is 1.70. The number of amides is 1. The van der Waals surface area contributed by atoms with E-state index >= 15 is 0 Å². The van der Waals surface area contributed by atoms with Gasteiger partial charge in [-0.05, 0) is 41.5 Å². The van der Waals surface area contributed by atoms with Crippen LogP contribution in [-0.4, -0.2) is 23.3 Å². The van der Waals surface area contributed by atoms with Crippen molar-refractivity contribution >= 4 is 46.3 Å². The predicted octanol–water partition coefficient (Wildman–Crippen LogP) is 3.54. The molecular formula is C19H15NO4S2. The van der Waals surface area contributed by atoms with Crippen molar-refractivity contribution in [2.24, 2.45) is 0 Å². The molecule has 1 saturated heterocycles. The summed E-state index contributed by atoms with van der Waals surface area (Å²) in [5.74, 6) is 0.0884. The molecule has 1 amide bonds. The lowest BCUT2D eigenvalue weighted by molar-refractivity contribution is -0.115. The maximum atomic E-state index is 11.7. The number of rotatable bonds is 5. The van der Waals surface area contributed by atoms with E-state index in [0.29, 0.717) is 27.1 Å². The molecule has 0 spiro atoms. The fourth-order valence-corrected chi connectivity index (χ4v) is 3.38. The number of thioether (sulfide) groups is 1. The predicted molar refractivity (Wildman–Crippen MR) is 105 cm³/mol. The van der Waals surface area contributed by atoms with Crippen LogP contribution in [-0.2, 0) is 16.1 Å². The number of hydrogen-bond acceptors (Lipinski definition) is 6. The highest BCUT2D eigenvalue weighted by Crippen LogP contribution is 2.27. The standard InChI is InChI=1S/C19H15NO4S2/c1-23-18(22)14-6-2-5-13(8-14)11-24-15-7-3-4-12(9-15)10-16-17(21)20-19(25)26-16/h2-10H,11H2,1H3,(H,20,21,25). The third-order valence-corrected chi connectivity index (χ3v) is 4.71. The molecule has 1 aliphatic heterocycles. The van der Waals surface area contributed by atoms with E-state index in [-0.39, 0.29) is 11.9 Å².